The highest BCUT2D eigenvalue weighted by Gasteiger charge is 2.31. The van der Waals surface area contributed by atoms with Gasteiger partial charge in [-0.05, 0) is 42.7 Å². The van der Waals surface area contributed by atoms with Crippen LogP contribution in [0.4, 0.5) is 5.00 Å². The predicted molar refractivity (Wildman–Crippen MR) is 105 cm³/mol. The van der Waals surface area contributed by atoms with E-state index in [1.165, 1.54) is 23.1 Å². The van der Waals surface area contributed by atoms with E-state index in [1.54, 1.807) is 22.8 Å². The second-order valence-corrected chi connectivity index (χ2v) is 9.08. The van der Waals surface area contributed by atoms with Crippen molar-refractivity contribution in [1.82, 2.24) is 14.8 Å². The first-order valence-electron chi connectivity index (χ1n) is 8.11. The van der Waals surface area contributed by atoms with Crippen molar-refractivity contribution < 1.29 is 4.79 Å². The van der Waals surface area contributed by atoms with Crippen molar-refractivity contribution in [2.75, 3.05) is 5.32 Å². The average molecular weight is 402 g/mol. The van der Waals surface area contributed by atoms with Crippen LogP contribution in [0, 0.1) is 11.3 Å². The maximum atomic E-state index is 12.5. The number of carbonyl (C=O) groups is 1. The highest BCUT2D eigenvalue weighted by atomic mass is 32.2. The van der Waals surface area contributed by atoms with Gasteiger partial charge in [0.15, 0.2) is 11.0 Å². The van der Waals surface area contributed by atoms with Gasteiger partial charge in [-0.3, -0.25) is 9.36 Å². The number of hydrogen-bond acceptors (Lipinski definition) is 7. The van der Waals surface area contributed by atoms with Gasteiger partial charge in [-0.25, -0.2) is 0 Å². The zero-order valence-corrected chi connectivity index (χ0v) is 16.3. The number of carbonyl (C=O) groups excluding carboxylic acids is 1. The lowest BCUT2D eigenvalue weighted by molar-refractivity contribution is -0.115. The van der Waals surface area contributed by atoms with Crippen LogP contribution in [0.25, 0.3) is 10.7 Å². The summed E-state index contributed by atoms with van der Waals surface area (Å²) >= 11 is 4.39. The molecular formula is C17H15N5OS3. The van der Waals surface area contributed by atoms with Crippen LogP contribution in [0.2, 0.25) is 0 Å². The number of thiophene rings is 2. The van der Waals surface area contributed by atoms with E-state index in [0.717, 1.165) is 28.7 Å². The molecule has 26 heavy (non-hydrogen) atoms. The molecule has 1 saturated carbocycles. The fourth-order valence-corrected chi connectivity index (χ4v) is 4.88. The molecule has 9 heteroatoms. The van der Waals surface area contributed by atoms with Crippen LogP contribution in [-0.4, -0.2) is 25.9 Å². The fourth-order valence-electron chi connectivity index (χ4n) is 2.51. The van der Waals surface area contributed by atoms with E-state index in [-0.39, 0.29) is 11.2 Å². The molecule has 0 unspecified atom stereocenters. The minimum absolute atomic E-state index is 0.142. The molecule has 3 aromatic rings. The first-order valence-corrected chi connectivity index (χ1v) is 10.7. The highest BCUT2D eigenvalue weighted by Crippen LogP contribution is 2.42. The van der Waals surface area contributed by atoms with Gasteiger partial charge in [0.25, 0.3) is 0 Å². The smallest absolute Gasteiger partial charge is 0.238 e. The lowest BCUT2D eigenvalue weighted by Crippen LogP contribution is -2.22. The predicted octanol–water partition coefficient (Wildman–Crippen LogP) is 4.39. The van der Waals surface area contributed by atoms with Crippen molar-refractivity contribution in [3.05, 3.63) is 34.5 Å². The molecule has 3 aromatic heterocycles. The zero-order chi connectivity index (χ0) is 18.1. The van der Waals surface area contributed by atoms with Crippen LogP contribution >= 0.6 is 34.4 Å². The van der Waals surface area contributed by atoms with Crippen molar-refractivity contribution in [2.45, 2.75) is 36.2 Å². The Bertz CT molecular complexity index is 965. The largest absolute Gasteiger partial charge is 0.316 e. The zero-order valence-electron chi connectivity index (χ0n) is 13.9. The van der Waals surface area contributed by atoms with E-state index in [4.69, 9.17) is 5.26 Å². The number of anilines is 1. The van der Waals surface area contributed by atoms with Gasteiger partial charge in [0, 0.05) is 6.04 Å². The van der Waals surface area contributed by atoms with Crippen LogP contribution in [0.5, 0.6) is 0 Å². The summed E-state index contributed by atoms with van der Waals surface area (Å²) in [6, 6.07) is 8.25. The van der Waals surface area contributed by atoms with Crippen LogP contribution < -0.4 is 5.32 Å². The molecule has 4 rings (SSSR count). The Labute approximate surface area is 162 Å². The summed E-state index contributed by atoms with van der Waals surface area (Å²) in [7, 11) is 0. The molecule has 0 spiro atoms. The first-order chi connectivity index (χ1) is 12.7. The summed E-state index contributed by atoms with van der Waals surface area (Å²) in [5.74, 6) is 0.736. The van der Waals surface area contributed by atoms with E-state index in [1.807, 2.05) is 24.4 Å². The van der Waals surface area contributed by atoms with Gasteiger partial charge in [0.1, 0.15) is 11.1 Å². The van der Waals surface area contributed by atoms with E-state index in [2.05, 4.69) is 26.2 Å². The Kier molecular flexibility index (Phi) is 4.80. The van der Waals surface area contributed by atoms with Crippen molar-refractivity contribution >= 4 is 45.3 Å². The minimum Gasteiger partial charge on any atom is -0.316 e. The summed E-state index contributed by atoms with van der Waals surface area (Å²) in [6.07, 6.45) is 2.23. The molecular weight excluding hydrogens is 386 g/mol. The molecule has 0 aliphatic heterocycles. The summed E-state index contributed by atoms with van der Waals surface area (Å²) in [5, 5.41) is 25.5. The molecule has 0 aromatic carbocycles. The summed E-state index contributed by atoms with van der Waals surface area (Å²) in [6.45, 7) is 1.84. The first kappa shape index (κ1) is 17.3. The highest BCUT2D eigenvalue weighted by molar-refractivity contribution is 8.00. The normalized spacial score (nSPS) is 14.8. The maximum absolute atomic E-state index is 12.5. The van der Waals surface area contributed by atoms with Crippen molar-refractivity contribution in [3.8, 4) is 16.8 Å². The average Bonchev–Trinajstić information content (AvgIpc) is 3.06. The molecule has 0 bridgehead atoms. The molecule has 1 atom stereocenters. The Balaban J connectivity index is 1.52. The van der Waals surface area contributed by atoms with Crippen LogP contribution in [0.1, 0.15) is 31.4 Å². The Morgan fingerprint density at radius 1 is 1.38 bits per heavy atom. The van der Waals surface area contributed by atoms with Crippen molar-refractivity contribution in [3.63, 3.8) is 0 Å². The Morgan fingerprint density at radius 2 is 2.23 bits per heavy atom. The number of hydrogen-bond donors (Lipinski definition) is 1. The third-order valence-corrected chi connectivity index (χ3v) is 6.74. The molecule has 1 aliphatic rings. The lowest BCUT2D eigenvalue weighted by Gasteiger charge is -2.12. The summed E-state index contributed by atoms with van der Waals surface area (Å²) in [5.41, 5.74) is 0.488. The quantitative estimate of drug-likeness (QED) is 0.619. The van der Waals surface area contributed by atoms with E-state index < -0.39 is 0 Å². The molecule has 1 aliphatic carbocycles. The van der Waals surface area contributed by atoms with Gasteiger partial charge in [0.05, 0.1) is 15.7 Å². The van der Waals surface area contributed by atoms with Gasteiger partial charge < -0.3 is 5.32 Å². The minimum atomic E-state index is -0.346. The monoisotopic (exact) mass is 401 g/mol. The molecule has 0 saturated heterocycles. The summed E-state index contributed by atoms with van der Waals surface area (Å²) in [4.78, 5) is 13.6. The van der Waals surface area contributed by atoms with Crippen LogP contribution in [-0.2, 0) is 4.79 Å². The van der Waals surface area contributed by atoms with Crippen LogP contribution in [0.15, 0.2) is 34.1 Å². The van der Waals surface area contributed by atoms with Crippen molar-refractivity contribution in [2.24, 2.45) is 0 Å². The number of nitrogens with zero attached hydrogens (tertiary/aromatic N) is 4. The van der Waals surface area contributed by atoms with Gasteiger partial charge in [-0.1, -0.05) is 17.8 Å². The number of nitrogens with one attached hydrogen (secondary N) is 1. The molecule has 132 valence electrons. The Morgan fingerprint density at radius 3 is 2.92 bits per heavy atom. The van der Waals surface area contributed by atoms with E-state index in [9.17, 15) is 4.79 Å². The number of aromatic nitrogens is 3. The number of amides is 1. The van der Waals surface area contributed by atoms with E-state index >= 15 is 0 Å². The van der Waals surface area contributed by atoms with Gasteiger partial charge in [-0.15, -0.1) is 32.9 Å². The maximum Gasteiger partial charge on any atom is 0.238 e. The molecule has 0 radical (unpaired) electrons. The SMILES string of the molecule is C[C@H](Sc1nnc(-c2cccs2)n1C1CC1)C(=O)Nc1sccc1C#N. The molecule has 1 fully saturated rings. The third-order valence-electron chi connectivity index (χ3n) is 3.99. The van der Waals surface area contributed by atoms with Crippen LogP contribution in [0.3, 0.4) is 0 Å². The summed E-state index contributed by atoms with van der Waals surface area (Å²) < 4.78 is 2.16. The lowest BCUT2D eigenvalue weighted by atomic mass is 10.3. The van der Waals surface area contributed by atoms with E-state index in [0.29, 0.717) is 16.6 Å². The molecule has 3 heterocycles. The van der Waals surface area contributed by atoms with Gasteiger partial charge in [0.2, 0.25) is 5.91 Å². The fraction of sp³-hybridized carbons (Fsp3) is 0.294. The molecule has 1 N–H and O–H groups in total. The number of nitriles is 1. The second-order valence-electron chi connectivity index (χ2n) is 5.91. The molecule has 6 nitrogen and oxygen atoms in total. The number of thioether (sulfide) groups is 1. The number of rotatable bonds is 6. The second kappa shape index (κ2) is 7.23. The standard InChI is InChI=1S/C17H15N5OS3/c1-10(15(23)19-16-11(9-18)6-8-25-16)26-17-21-20-14(13-3-2-7-24-13)22(17)12-4-5-12/h2-3,6-8,10,12H,4-5H2,1H3,(H,19,23)/t10-/m0/s1. The van der Waals surface area contributed by atoms with Gasteiger partial charge >= 0.3 is 0 Å². The van der Waals surface area contributed by atoms with Gasteiger partial charge in [-0.2, -0.15) is 5.26 Å². The van der Waals surface area contributed by atoms with Crippen molar-refractivity contribution in [1.29, 1.82) is 5.26 Å². The Hall–Kier alpha value is -2.15. The molecule has 1 amide bonds. The topological polar surface area (TPSA) is 83.6 Å². The third kappa shape index (κ3) is 3.40.